The van der Waals surface area contributed by atoms with Gasteiger partial charge in [-0.3, -0.25) is 14.6 Å². The zero-order valence-corrected chi connectivity index (χ0v) is 31.9. The van der Waals surface area contributed by atoms with Crippen LogP contribution in [-0.2, 0) is 35.3 Å². The lowest BCUT2D eigenvalue weighted by Gasteiger charge is -2.29. The minimum atomic E-state index is -4.74. The Labute approximate surface area is 328 Å². The van der Waals surface area contributed by atoms with E-state index in [1.165, 1.54) is 7.11 Å². The number of nitrogens with zero attached hydrogens (tertiary/aromatic N) is 2. The summed E-state index contributed by atoms with van der Waals surface area (Å²) in [6, 6.07) is 14.4. The molecule has 2 amide bonds. The summed E-state index contributed by atoms with van der Waals surface area (Å²) in [7, 11) is 2.97. The van der Waals surface area contributed by atoms with Gasteiger partial charge in [0.05, 0.1) is 24.9 Å². The van der Waals surface area contributed by atoms with Gasteiger partial charge in [0, 0.05) is 79.6 Å². The first kappa shape index (κ1) is 39.3. The van der Waals surface area contributed by atoms with Gasteiger partial charge >= 0.3 is 6.18 Å². The van der Waals surface area contributed by atoms with E-state index in [0.717, 1.165) is 45.9 Å². The normalized spacial score (nSPS) is 19.4. The topological polar surface area (TPSA) is 136 Å². The Morgan fingerprint density at radius 1 is 0.839 bits per heavy atom. The van der Waals surface area contributed by atoms with Crippen molar-refractivity contribution in [1.29, 1.82) is 0 Å². The first-order chi connectivity index (χ1) is 27.0. The average molecular weight is 793 g/mol. The number of hydrogen-bond acceptors (Lipinski definition) is 9. The highest BCUT2D eigenvalue weighted by molar-refractivity contribution is 6.35. The number of aromatic nitrogens is 2. The van der Waals surface area contributed by atoms with Crippen molar-refractivity contribution in [1.82, 2.24) is 31.2 Å². The Balaban J connectivity index is 1.12. The van der Waals surface area contributed by atoms with Crippen LogP contribution in [0.5, 0.6) is 17.5 Å². The van der Waals surface area contributed by atoms with Crippen LogP contribution in [-0.4, -0.2) is 61.2 Å². The molecule has 7 rings (SSSR count). The van der Waals surface area contributed by atoms with Gasteiger partial charge in [0.15, 0.2) is 0 Å². The predicted molar refractivity (Wildman–Crippen MR) is 205 cm³/mol. The van der Waals surface area contributed by atoms with Crippen molar-refractivity contribution in [2.75, 3.05) is 27.3 Å². The van der Waals surface area contributed by atoms with E-state index in [4.69, 9.17) is 25.8 Å². The average Bonchev–Trinajstić information content (AvgIpc) is 3.81. The molecule has 4 heterocycles. The number of benzene rings is 2. The van der Waals surface area contributed by atoms with Gasteiger partial charge in [-0.05, 0) is 67.0 Å². The number of hydrogen-bond donors (Lipinski definition) is 4. The van der Waals surface area contributed by atoms with Crippen LogP contribution in [0, 0.1) is 0 Å². The van der Waals surface area contributed by atoms with Gasteiger partial charge in [-0.25, -0.2) is 0 Å². The molecule has 3 aliphatic rings. The van der Waals surface area contributed by atoms with Crippen molar-refractivity contribution in [3.63, 3.8) is 0 Å². The standard InChI is InChI=1S/C41H44ClF3N6O5/c1-54-34-18-23(9-10-24(34)19-46-21-26-11-13-35(52)49-26)38-37(42)31(15-16-48-38)29-5-3-7-30-28(29)6-4-8-33(30)56-40-32(41(43,44)45)17-25(39(51-40)55-2)20-47-22-27-12-14-36(53)50-27/h3,5,7,9-10,15-18,26-27,33,46-47H,4,6,8,11-14,19-22H2,1-2H3,(H,49,52)(H,50,53)/t26-,27+,33+/m1/s1. The molecule has 3 atom stereocenters. The molecule has 15 heteroatoms. The maximum atomic E-state index is 14.6. The summed E-state index contributed by atoms with van der Waals surface area (Å²) in [4.78, 5) is 32.0. The molecule has 4 N–H and O–H groups in total. The Hall–Kier alpha value is -4.92. The van der Waals surface area contributed by atoms with Crippen LogP contribution >= 0.6 is 11.6 Å². The third-order valence-electron chi connectivity index (χ3n) is 10.6. The molecule has 2 aromatic carbocycles. The lowest BCUT2D eigenvalue weighted by Crippen LogP contribution is -2.35. The van der Waals surface area contributed by atoms with E-state index in [2.05, 4.69) is 31.2 Å². The summed E-state index contributed by atoms with van der Waals surface area (Å²) in [6.07, 6.45) is 0.519. The number of halogens is 4. The van der Waals surface area contributed by atoms with E-state index in [9.17, 15) is 22.8 Å². The number of ether oxygens (including phenoxy) is 3. The molecule has 0 unspecified atom stereocenters. The first-order valence-corrected chi connectivity index (χ1v) is 19.2. The van der Waals surface area contributed by atoms with E-state index >= 15 is 0 Å². The molecule has 4 aromatic rings. The number of amides is 2. The highest BCUT2D eigenvalue weighted by Crippen LogP contribution is 2.45. The van der Waals surface area contributed by atoms with Crippen LogP contribution in [0.3, 0.4) is 0 Å². The van der Waals surface area contributed by atoms with Crippen molar-refractivity contribution < 1.29 is 37.0 Å². The minimum absolute atomic E-state index is 0.0248. The van der Waals surface area contributed by atoms with Crippen LogP contribution in [0.25, 0.3) is 22.4 Å². The predicted octanol–water partition coefficient (Wildman–Crippen LogP) is 6.69. The summed E-state index contributed by atoms with van der Waals surface area (Å²) in [5.41, 5.74) is 4.77. The van der Waals surface area contributed by atoms with E-state index in [-0.39, 0.29) is 41.9 Å². The minimum Gasteiger partial charge on any atom is -0.496 e. The number of methoxy groups -OCH3 is 2. The van der Waals surface area contributed by atoms with Gasteiger partial charge in [-0.2, -0.15) is 18.2 Å². The maximum absolute atomic E-state index is 14.6. The largest absolute Gasteiger partial charge is 0.496 e. The molecule has 2 aliphatic heterocycles. The quantitative estimate of drug-likeness (QED) is 0.110. The first-order valence-electron chi connectivity index (χ1n) is 18.8. The van der Waals surface area contributed by atoms with Gasteiger partial charge in [0.1, 0.15) is 17.4 Å². The van der Waals surface area contributed by atoms with Gasteiger partial charge in [-0.15, -0.1) is 0 Å². The van der Waals surface area contributed by atoms with Crippen LogP contribution in [0.15, 0.2) is 54.7 Å². The van der Waals surface area contributed by atoms with E-state index in [1.807, 2.05) is 42.5 Å². The monoisotopic (exact) mass is 792 g/mol. The summed E-state index contributed by atoms with van der Waals surface area (Å²) in [5, 5.41) is 12.7. The Kier molecular flexibility index (Phi) is 12.0. The molecule has 2 aromatic heterocycles. The van der Waals surface area contributed by atoms with Crippen LogP contribution in [0.1, 0.15) is 72.4 Å². The van der Waals surface area contributed by atoms with Crippen LogP contribution in [0.4, 0.5) is 13.2 Å². The van der Waals surface area contributed by atoms with Crippen LogP contribution in [0.2, 0.25) is 5.02 Å². The van der Waals surface area contributed by atoms with E-state index < -0.39 is 23.7 Å². The van der Waals surface area contributed by atoms with Gasteiger partial charge in [0.25, 0.3) is 0 Å². The smallest absolute Gasteiger partial charge is 0.421 e. The summed E-state index contributed by atoms with van der Waals surface area (Å²) in [6.45, 7) is 1.67. The molecule has 2 saturated heterocycles. The number of fused-ring (bicyclic) bond motifs is 1. The van der Waals surface area contributed by atoms with E-state index in [1.54, 1.807) is 13.3 Å². The molecule has 0 radical (unpaired) electrons. The Morgan fingerprint density at radius 2 is 1.55 bits per heavy atom. The second-order valence-electron chi connectivity index (χ2n) is 14.3. The molecular weight excluding hydrogens is 749 g/mol. The number of nitrogens with one attached hydrogen (secondary N) is 4. The highest BCUT2D eigenvalue weighted by Gasteiger charge is 2.38. The van der Waals surface area contributed by atoms with Gasteiger partial charge in [-0.1, -0.05) is 41.9 Å². The number of carbonyl (C=O) groups excluding carboxylic acids is 2. The van der Waals surface area contributed by atoms with Gasteiger partial charge in [0.2, 0.25) is 23.6 Å². The Bertz CT molecular complexity index is 2100. The second-order valence-corrected chi connectivity index (χ2v) is 14.7. The molecule has 0 spiro atoms. The fraction of sp³-hybridized carbons (Fsp3) is 0.415. The molecule has 0 bridgehead atoms. The second kappa shape index (κ2) is 17.1. The molecule has 11 nitrogen and oxygen atoms in total. The van der Waals surface area contributed by atoms with Crippen molar-refractivity contribution >= 4 is 23.4 Å². The SMILES string of the molecule is COc1cc(-c2nccc(-c3cccc4c3CCC[C@@H]4Oc3nc(OC)c(CNC[C@@H]4CCC(=O)N4)cc3C(F)(F)F)c2Cl)ccc1CNC[C@H]1CCC(=O)N1. The summed E-state index contributed by atoms with van der Waals surface area (Å²) < 4.78 is 61.0. The van der Waals surface area contributed by atoms with Crippen molar-refractivity contribution in [3.8, 4) is 39.9 Å². The molecular formula is C41H44ClF3N6O5. The molecule has 0 saturated carbocycles. The maximum Gasteiger partial charge on any atom is 0.421 e. The highest BCUT2D eigenvalue weighted by atomic mass is 35.5. The lowest BCUT2D eigenvalue weighted by atomic mass is 9.84. The third kappa shape index (κ3) is 8.72. The fourth-order valence-corrected chi connectivity index (χ4v) is 8.07. The fourth-order valence-electron chi connectivity index (χ4n) is 7.75. The van der Waals surface area contributed by atoms with Crippen molar-refractivity contribution in [2.45, 2.75) is 82.4 Å². The number of rotatable bonds is 14. The van der Waals surface area contributed by atoms with Crippen LogP contribution < -0.4 is 35.5 Å². The van der Waals surface area contributed by atoms with Crippen molar-refractivity contribution in [3.05, 3.63) is 87.6 Å². The lowest BCUT2D eigenvalue weighted by molar-refractivity contribution is -0.140. The molecule has 2 fully saturated rings. The summed E-state index contributed by atoms with van der Waals surface area (Å²) in [5.74, 6) is 0.177. The summed E-state index contributed by atoms with van der Waals surface area (Å²) >= 11 is 7.13. The zero-order valence-electron chi connectivity index (χ0n) is 31.2. The van der Waals surface area contributed by atoms with E-state index in [0.29, 0.717) is 74.6 Å². The zero-order chi connectivity index (χ0) is 39.4. The number of carbonyl (C=O) groups is 2. The molecule has 56 heavy (non-hydrogen) atoms. The number of pyridine rings is 2. The molecule has 1 aliphatic carbocycles. The number of alkyl halides is 3. The molecule has 296 valence electrons. The Morgan fingerprint density at radius 3 is 2.20 bits per heavy atom. The van der Waals surface area contributed by atoms with Crippen molar-refractivity contribution in [2.24, 2.45) is 0 Å². The van der Waals surface area contributed by atoms with Gasteiger partial charge < -0.3 is 35.5 Å². The third-order valence-corrected chi connectivity index (χ3v) is 10.9.